The van der Waals surface area contributed by atoms with Gasteiger partial charge in [-0.2, -0.15) is 18.3 Å². The van der Waals surface area contributed by atoms with Crippen LogP contribution in [0.5, 0.6) is 11.6 Å². The molecule has 4 rings (SSSR count). The van der Waals surface area contributed by atoms with Gasteiger partial charge in [0.15, 0.2) is 11.4 Å². The van der Waals surface area contributed by atoms with Crippen LogP contribution < -0.4 is 9.47 Å². The van der Waals surface area contributed by atoms with Crippen LogP contribution in [0.4, 0.5) is 13.2 Å². The number of fused-ring (bicyclic) bond motifs is 1. The van der Waals surface area contributed by atoms with Crippen molar-refractivity contribution in [1.82, 2.24) is 29.5 Å². The number of halogens is 3. The van der Waals surface area contributed by atoms with Gasteiger partial charge in [-0.05, 0) is 30.7 Å². The Bertz CT molecular complexity index is 1370. The number of amides is 1. The number of aromatic nitrogens is 5. The lowest BCUT2D eigenvalue weighted by Gasteiger charge is -2.13. The molecule has 0 N–H and O–H groups in total. The fraction of sp³-hybridized carbons (Fsp3) is 0.292. The van der Waals surface area contributed by atoms with Gasteiger partial charge in [0.2, 0.25) is 0 Å². The van der Waals surface area contributed by atoms with Crippen LogP contribution in [0.15, 0.2) is 49.1 Å². The first kappa shape index (κ1) is 24.9. The quantitative estimate of drug-likeness (QED) is 0.363. The van der Waals surface area contributed by atoms with Crippen molar-refractivity contribution < 1.29 is 27.4 Å². The number of pyridine rings is 2. The first-order valence-electron chi connectivity index (χ1n) is 11.0. The molecule has 0 atom stereocenters. The molecule has 0 saturated carbocycles. The smallest absolute Gasteiger partial charge is 0.433 e. The molecule has 0 saturated heterocycles. The van der Waals surface area contributed by atoms with E-state index in [2.05, 4.69) is 20.1 Å². The van der Waals surface area contributed by atoms with Gasteiger partial charge in [0.1, 0.15) is 12.3 Å². The van der Waals surface area contributed by atoms with Gasteiger partial charge >= 0.3 is 6.18 Å². The van der Waals surface area contributed by atoms with Gasteiger partial charge < -0.3 is 14.4 Å². The minimum Gasteiger partial charge on any atom is -0.488 e. The topological polar surface area (TPSA) is 94.7 Å². The van der Waals surface area contributed by atoms with E-state index >= 15 is 0 Å². The predicted molar refractivity (Wildman–Crippen MR) is 123 cm³/mol. The van der Waals surface area contributed by atoms with E-state index in [1.807, 2.05) is 6.92 Å². The van der Waals surface area contributed by atoms with Crippen LogP contribution in [-0.2, 0) is 19.2 Å². The molecular weight excluding hydrogens is 477 g/mol. The molecule has 0 fully saturated rings. The van der Waals surface area contributed by atoms with Crippen molar-refractivity contribution in [3.05, 3.63) is 77.1 Å². The third-order valence-electron chi connectivity index (χ3n) is 5.14. The molecule has 9 nitrogen and oxygen atoms in total. The van der Waals surface area contributed by atoms with Gasteiger partial charge in [0, 0.05) is 38.5 Å². The van der Waals surface area contributed by atoms with Crippen LogP contribution in [0, 0.1) is 0 Å². The maximum atomic E-state index is 12.7. The number of hydrogen-bond acceptors (Lipinski definition) is 7. The lowest BCUT2D eigenvalue weighted by atomic mass is 10.1. The van der Waals surface area contributed by atoms with Crippen molar-refractivity contribution in [2.45, 2.75) is 26.1 Å². The zero-order valence-corrected chi connectivity index (χ0v) is 19.8. The van der Waals surface area contributed by atoms with Gasteiger partial charge in [0.25, 0.3) is 11.8 Å². The van der Waals surface area contributed by atoms with E-state index in [0.717, 1.165) is 23.5 Å². The molecule has 0 spiro atoms. The zero-order valence-electron chi connectivity index (χ0n) is 19.8. The van der Waals surface area contributed by atoms with E-state index < -0.39 is 11.9 Å². The molecule has 4 heterocycles. The van der Waals surface area contributed by atoms with Gasteiger partial charge in [-0.3, -0.25) is 9.78 Å². The van der Waals surface area contributed by atoms with Crippen molar-refractivity contribution >= 4 is 11.6 Å². The molecule has 4 aromatic rings. The Morgan fingerprint density at radius 1 is 1.00 bits per heavy atom. The maximum Gasteiger partial charge on any atom is 0.433 e. The number of rotatable bonds is 8. The van der Waals surface area contributed by atoms with Crippen molar-refractivity contribution in [3.8, 4) is 11.6 Å². The molecule has 188 valence electrons. The van der Waals surface area contributed by atoms with Crippen LogP contribution >= 0.6 is 0 Å². The van der Waals surface area contributed by atoms with Crippen LogP contribution in [-0.4, -0.2) is 56.1 Å². The molecule has 0 aliphatic rings. The largest absolute Gasteiger partial charge is 0.488 e. The Hall–Kier alpha value is -4.22. The third kappa shape index (κ3) is 5.53. The van der Waals surface area contributed by atoms with E-state index in [1.54, 1.807) is 43.1 Å². The highest BCUT2D eigenvalue weighted by Crippen LogP contribution is 2.29. The Morgan fingerprint density at radius 2 is 1.78 bits per heavy atom. The Kier molecular flexibility index (Phi) is 7.04. The lowest BCUT2D eigenvalue weighted by molar-refractivity contribution is -0.141. The predicted octanol–water partition coefficient (Wildman–Crippen LogP) is 3.81. The SMILES string of the molecule is CCOc1cc(Cc2cnc3cc(C(=O)N(C)C)cnn23)cnc1OCc1ccc(C(F)(F)F)nc1. The second kappa shape index (κ2) is 10.2. The van der Waals surface area contributed by atoms with E-state index in [1.165, 1.54) is 17.2 Å². The molecule has 0 aliphatic heterocycles. The summed E-state index contributed by atoms with van der Waals surface area (Å²) < 4.78 is 51.1. The summed E-state index contributed by atoms with van der Waals surface area (Å²) in [6.45, 7) is 2.16. The van der Waals surface area contributed by atoms with Crippen molar-refractivity contribution in [2.24, 2.45) is 0 Å². The monoisotopic (exact) mass is 500 g/mol. The van der Waals surface area contributed by atoms with Crippen LogP contribution in [0.3, 0.4) is 0 Å². The highest BCUT2D eigenvalue weighted by atomic mass is 19.4. The lowest BCUT2D eigenvalue weighted by Crippen LogP contribution is -2.22. The summed E-state index contributed by atoms with van der Waals surface area (Å²) in [7, 11) is 3.33. The fourth-order valence-electron chi connectivity index (χ4n) is 3.40. The molecule has 0 bridgehead atoms. The normalized spacial score (nSPS) is 11.5. The van der Waals surface area contributed by atoms with E-state index in [9.17, 15) is 18.0 Å². The molecule has 12 heteroatoms. The molecule has 0 radical (unpaired) electrons. The number of ether oxygens (including phenoxy) is 2. The summed E-state index contributed by atoms with van der Waals surface area (Å²) >= 11 is 0. The molecule has 36 heavy (non-hydrogen) atoms. The summed E-state index contributed by atoms with van der Waals surface area (Å²) in [5, 5.41) is 4.36. The summed E-state index contributed by atoms with van der Waals surface area (Å²) in [5.41, 5.74) is 2.06. The number of nitrogens with zero attached hydrogens (tertiary/aromatic N) is 6. The first-order chi connectivity index (χ1) is 17.2. The van der Waals surface area contributed by atoms with E-state index in [4.69, 9.17) is 9.47 Å². The standard InChI is InChI=1S/C24H23F3N6O3/c1-4-35-19-8-16(7-18-13-29-21-9-17(12-31-33(18)21)23(34)32(2)3)11-30-22(19)36-14-15-5-6-20(28-10-15)24(25,26)27/h5-6,8-13H,4,7,14H2,1-3H3. The van der Waals surface area contributed by atoms with E-state index in [-0.39, 0.29) is 18.4 Å². The van der Waals surface area contributed by atoms with Gasteiger partial charge in [-0.1, -0.05) is 6.07 Å². The molecule has 0 aliphatic carbocycles. The van der Waals surface area contributed by atoms with Crippen LogP contribution in [0.2, 0.25) is 0 Å². The number of carbonyl (C=O) groups is 1. The van der Waals surface area contributed by atoms with Gasteiger partial charge in [-0.25, -0.2) is 14.5 Å². The van der Waals surface area contributed by atoms with Gasteiger partial charge in [-0.15, -0.1) is 0 Å². The van der Waals surface area contributed by atoms with Gasteiger partial charge in [0.05, 0.1) is 30.3 Å². The second-order valence-corrected chi connectivity index (χ2v) is 8.06. The minimum absolute atomic E-state index is 0.0251. The zero-order chi connectivity index (χ0) is 25.9. The minimum atomic E-state index is -4.50. The average Bonchev–Trinajstić information content (AvgIpc) is 3.24. The third-order valence-corrected chi connectivity index (χ3v) is 5.14. The fourth-order valence-corrected chi connectivity index (χ4v) is 3.40. The molecule has 0 unspecified atom stereocenters. The molecule has 4 aromatic heterocycles. The highest BCUT2D eigenvalue weighted by molar-refractivity contribution is 5.94. The number of carbonyl (C=O) groups excluding carboxylic acids is 1. The van der Waals surface area contributed by atoms with E-state index in [0.29, 0.717) is 35.6 Å². The van der Waals surface area contributed by atoms with Crippen molar-refractivity contribution in [2.75, 3.05) is 20.7 Å². The second-order valence-electron chi connectivity index (χ2n) is 8.06. The van der Waals surface area contributed by atoms with Crippen molar-refractivity contribution in [1.29, 1.82) is 0 Å². The number of imidazole rings is 1. The first-order valence-corrected chi connectivity index (χ1v) is 11.0. The molecule has 0 aromatic carbocycles. The van der Waals surface area contributed by atoms with Crippen molar-refractivity contribution in [3.63, 3.8) is 0 Å². The summed E-state index contributed by atoms with van der Waals surface area (Å²) in [5.74, 6) is 0.446. The Morgan fingerprint density at radius 3 is 2.44 bits per heavy atom. The summed E-state index contributed by atoms with van der Waals surface area (Å²) in [6.07, 6.45) is 1.84. The highest BCUT2D eigenvalue weighted by Gasteiger charge is 2.32. The summed E-state index contributed by atoms with van der Waals surface area (Å²) in [6, 6.07) is 5.66. The maximum absolute atomic E-state index is 12.7. The van der Waals surface area contributed by atoms with Crippen LogP contribution in [0.1, 0.15) is 39.8 Å². The Labute approximate surface area is 204 Å². The molecule has 1 amide bonds. The average molecular weight is 500 g/mol. The number of alkyl halides is 3. The number of hydrogen-bond donors (Lipinski definition) is 0. The summed E-state index contributed by atoms with van der Waals surface area (Å²) in [4.78, 5) is 25.8. The van der Waals surface area contributed by atoms with Crippen LogP contribution in [0.25, 0.3) is 5.65 Å². The Balaban J connectivity index is 1.50. The molecular formula is C24H23F3N6O3.